The average molecular weight is 729 g/mol. The van der Waals surface area contributed by atoms with Crippen LogP contribution in [0.4, 0.5) is 0 Å². The highest BCUT2D eigenvalue weighted by Gasteiger charge is 2.17. The van der Waals surface area contributed by atoms with E-state index in [4.69, 9.17) is 14.2 Å². The van der Waals surface area contributed by atoms with Crippen molar-refractivity contribution in [3.05, 3.63) is 48.6 Å². The van der Waals surface area contributed by atoms with E-state index in [0.717, 1.165) is 64.2 Å². The number of esters is 2. The third kappa shape index (κ3) is 40.6. The molecule has 1 atom stereocenters. The van der Waals surface area contributed by atoms with Crippen molar-refractivity contribution in [3.8, 4) is 0 Å². The maximum Gasteiger partial charge on any atom is 0.306 e. The highest BCUT2D eigenvalue weighted by Crippen LogP contribution is 2.13. The van der Waals surface area contributed by atoms with Crippen molar-refractivity contribution in [3.63, 3.8) is 0 Å². The standard InChI is InChI=1S/C47H84O5/c1-4-7-10-13-16-19-21-23-25-27-30-33-36-39-42-50-43-45(52-47(49)41-38-35-32-28-18-15-12-9-6-3)44-51-46(48)40-37-34-31-29-26-24-22-20-17-14-11-8-5-2/h10-11,13-14,19-22,45H,4-9,12,15-18,23-44H2,1-3H3/b13-10-,14-11-,21-19-,22-20-. The number of ether oxygens (including phenoxy) is 3. The molecule has 0 saturated carbocycles. The van der Waals surface area contributed by atoms with Crippen LogP contribution >= 0.6 is 0 Å². The Morgan fingerprint density at radius 3 is 1.35 bits per heavy atom. The Hall–Kier alpha value is -2.14. The summed E-state index contributed by atoms with van der Waals surface area (Å²) in [4.78, 5) is 25.1. The van der Waals surface area contributed by atoms with Crippen LogP contribution in [0.5, 0.6) is 0 Å². The molecule has 0 heterocycles. The second-order valence-electron chi connectivity index (χ2n) is 14.6. The number of unbranched alkanes of at least 4 members (excludes halogenated alkanes) is 21. The van der Waals surface area contributed by atoms with Crippen LogP contribution in [0.2, 0.25) is 0 Å². The molecule has 0 aliphatic rings. The number of carbonyl (C=O) groups excluding carboxylic acids is 2. The number of carbonyl (C=O) groups is 2. The van der Waals surface area contributed by atoms with Crippen LogP contribution < -0.4 is 0 Å². The Balaban J connectivity index is 4.25. The minimum atomic E-state index is -0.541. The summed E-state index contributed by atoms with van der Waals surface area (Å²) in [6, 6.07) is 0. The molecule has 1 unspecified atom stereocenters. The summed E-state index contributed by atoms with van der Waals surface area (Å²) in [7, 11) is 0. The van der Waals surface area contributed by atoms with Crippen molar-refractivity contribution in [1.82, 2.24) is 0 Å². The highest BCUT2D eigenvalue weighted by molar-refractivity contribution is 5.70. The third-order valence-corrected chi connectivity index (χ3v) is 9.30. The molecule has 0 radical (unpaired) electrons. The second kappa shape index (κ2) is 43.3. The lowest BCUT2D eigenvalue weighted by Gasteiger charge is -2.18. The minimum Gasteiger partial charge on any atom is -0.462 e. The third-order valence-electron chi connectivity index (χ3n) is 9.30. The molecule has 0 rings (SSSR count). The van der Waals surface area contributed by atoms with Crippen molar-refractivity contribution in [2.45, 2.75) is 219 Å². The minimum absolute atomic E-state index is 0.0752. The molecular formula is C47H84O5. The van der Waals surface area contributed by atoms with Crippen LogP contribution in [-0.2, 0) is 23.8 Å². The Bertz CT molecular complexity index is 873. The molecule has 0 bridgehead atoms. The monoisotopic (exact) mass is 729 g/mol. The number of hydrogen-bond acceptors (Lipinski definition) is 5. The number of hydrogen-bond donors (Lipinski definition) is 0. The van der Waals surface area contributed by atoms with Crippen molar-refractivity contribution in [2.24, 2.45) is 0 Å². The highest BCUT2D eigenvalue weighted by atomic mass is 16.6. The predicted octanol–water partition coefficient (Wildman–Crippen LogP) is 14.4. The van der Waals surface area contributed by atoms with Gasteiger partial charge in [-0.15, -0.1) is 0 Å². The van der Waals surface area contributed by atoms with Crippen molar-refractivity contribution < 1.29 is 23.8 Å². The van der Waals surface area contributed by atoms with E-state index >= 15 is 0 Å². The first-order valence-corrected chi connectivity index (χ1v) is 22.2. The molecule has 0 aliphatic heterocycles. The molecule has 0 aromatic carbocycles. The maximum atomic E-state index is 12.7. The molecule has 0 amide bonds. The fourth-order valence-corrected chi connectivity index (χ4v) is 6.00. The van der Waals surface area contributed by atoms with Crippen LogP contribution in [-0.4, -0.2) is 37.9 Å². The van der Waals surface area contributed by atoms with Gasteiger partial charge in [-0.05, 0) is 70.6 Å². The summed E-state index contributed by atoms with van der Waals surface area (Å²) in [5.74, 6) is -0.420. The Labute approximate surface area is 322 Å². The van der Waals surface area contributed by atoms with Gasteiger partial charge in [0.25, 0.3) is 0 Å². The largest absolute Gasteiger partial charge is 0.462 e. The van der Waals surface area contributed by atoms with E-state index in [9.17, 15) is 9.59 Å². The van der Waals surface area contributed by atoms with E-state index in [1.54, 1.807) is 0 Å². The summed E-state index contributed by atoms with van der Waals surface area (Å²) in [5.41, 5.74) is 0. The van der Waals surface area contributed by atoms with Crippen molar-refractivity contribution in [1.29, 1.82) is 0 Å². The topological polar surface area (TPSA) is 61.8 Å². The predicted molar refractivity (Wildman–Crippen MR) is 224 cm³/mol. The van der Waals surface area contributed by atoms with E-state index in [2.05, 4.69) is 69.4 Å². The van der Waals surface area contributed by atoms with Crippen LogP contribution in [0.1, 0.15) is 213 Å². The van der Waals surface area contributed by atoms with Gasteiger partial charge in [-0.2, -0.15) is 0 Å². The van der Waals surface area contributed by atoms with Gasteiger partial charge in [-0.3, -0.25) is 9.59 Å². The van der Waals surface area contributed by atoms with E-state index in [-0.39, 0.29) is 25.2 Å². The summed E-state index contributed by atoms with van der Waals surface area (Å²) < 4.78 is 17.3. The molecular weight excluding hydrogens is 645 g/mol. The van der Waals surface area contributed by atoms with Crippen molar-refractivity contribution >= 4 is 11.9 Å². The first-order chi connectivity index (χ1) is 25.6. The number of rotatable bonds is 40. The van der Waals surface area contributed by atoms with E-state index in [0.29, 0.717) is 19.4 Å². The van der Waals surface area contributed by atoms with E-state index in [1.807, 2.05) is 0 Å². The second-order valence-corrected chi connectivity index (χ2v) is 14.6. The summed E-state index contributed by atoms with van der Waals surface area (Å²) in [5, 5.41) is 0. The van der Waals surface area contributed by atoms with Crippen molar-refractivity contribution in [2.75, 3.05) is 19.8 Å². The normalized spacial score (nSPS) is 12.6. The molecule has 0 N–H and O–H groups in total. The van der Waals surface area contributed by atoms with Gasteiger partial charge in [-0.25, -0.2) is 0 Å². The molecule has 0 aromatic heterocycles. The van der Waals surface area contributed by atoms with Crippen LogP contribution in [0.3, 0.4) is 0 Å². The molecule has 0 aliphatic carbocycles. The zero-order valence-corrected chi connectivity index (χ0v) is 34.6. The summed E-state index contributed by atoms with van der Waals surface area (Å²) in [6.07, 6.45) is 51.0. The van der Waals surface area contributed by atoms with Gasteiger partial charge in [0.1, 0.15) is 6.61 Å². The first kappa shape index (κ1) is 49.9. The lowest BCUT2D eigenvalue weighted by molar-refractivity contribution is -0.163. The molecule has 0 saturated heterocycles. The van der Waals surface area contributed by atoms with E-state index < -0.39 is 6.10 Å². The summed E-state index contributed by atoms with van der Waals surface area (Å²) >= 11 is 0. The molecule has 302 valence electrons. The van der Waals surface area contributed by atoms with E-state index in [1.165, 1.54) is 116 Å². The first-order valence-electron chi connectivity index (χ1n) is 22.2. The van der Waals surface area contributed by atoms with Gasteiger partial charge in [0.05, 0.1) is 6.61 Å². The smallest absolute Gasteiger partial charge is 0.306 e. The number of allylic oxidation sites excluding steroid dienone is 8. The van der Waals surface area contributed by atoms with Gasteiger partial charge in [0.2, 0.25) is 0 Å². The Kier molecular flexibility index (Phi) is 41.5. The Morgan fingerprint density at radius 2 is 0.846 bits per heavy atom. The fourth-order valence-electron chi connectivity index (χ4n) is 6.00. The van der Waals surface area contributed by atoms with Crippen LogP contribution in [0, 0.1) is 0 Å². The van der Waals surface area contributed by atoms with Crippen LogP contribution in [0.25, 0.3) is 0 Å². The van der Waals surface area contributed by atoms with Gasteiger partial charge in [0.15, 0.2) is 6.10 Å². The fraction of sp³-hybridized carbons (Fsp3) is 0.787. The lowest BCUT2D eigenvalue weighted by atomic mass is 10.1. The molecule has 52 heavy (non-hydrogen) atoms. The molecule has 0 aromatic rings. The zero-order chi connectivity index (χ0) is 37.8. The van der Waals surface area contributed by atoms with Gasteiger partial charge < -0.3 is 14.2 Å². The van der Waals surface area contributed by atoms with Gasteiger partial charge in [0, 0.05) is 19.4 Å². The molecule has 0 spiro atoms. The van der Waals surface area contributed by atoms with Gasteiger partial charge >= 0.3 is 11.9 Å². The quantitative estimate of drug-likeness (QED) is 0.0357. The van der Waals surface area contributed by atoms with Gasteiger partial charge in [-0.1, -0.05) is 179 Å². The zero-order valence-electron chi connectivity index (χ0n) is 34.6. The summed E-state index contributed by atoms with van der Waals surface area (Å²) in [6.45, 7) is 7.65. The van der Waals surface area contributed by atoms with Crippen LogP contribution in [0.15, 0.2) is 48.6 Å². The lowest BCUT2D eigenvalue weighted by Crippen LogP contribution is -2.30. The Morgan fingerprint density at radius 1 is 0.423 bits per heavy atom. The molecule has 0 fully saturated rings. The molecule has 5 heteroatoms. The molecule has 5 nitrogen and oxygen atoms in total. The average Bonchev–Trinajstić information content (AvgIpc) is 3.14. The SMILES string of the molecule is CCC/C=C\C/C=C\CCCCCCCCOCC(COC(=O)CCCCCCC/C=C\C/C=C\CCC)OC(=O)CCCCCCCCCCC. The maximum absolute atomic E-state index is 12.7.